The molecule has 0 aliphatic carbocycles. The van der Waals surface area contributed by atoms with Gasteiger partial charge in [0.2, 0.25) is 5.91 Å². The number of nitrogens with one attached hydrogen (secondary N) is 2. The standard InChI is InChI=1S/C21H21Cl2N3O3/c1-21(15-9-10-16(22)17(23)12-15)19(28)26(20(29)25-21)13-18(27)24-11-5-8-14-6-3-2-4-7-14/h2-4,6-7,9-10,12H,5,8,11,13H2,1H3,(H,24,27)(H,25,29). The average Bonchev–Trinajstić information content (AvgIpc) is 2.92. The fraction of sp³-hybridized carbons (Fsp3) is 0.286. The number of imide groups is 1. The lowest BCUT2D eigenvalue weighted by molar-refractivity contribution is -0.134. The maximum Gasteiger partial charge on any atom is 0.325 e. The normalized spacial score (nSPS) is 18.7. The molecule has 1 heterocycles. The molecule has 1 aliphatic heterocycles. The van der Waals surface area contributed by atoms with Gasteiger partial charge in [-0.05, 0) is 43.0 Å². The summed E-state index contributed by atoms with van der Waals surface area (Å²) in [4.78, 5) is 38.3. The van der Waals surface area contributed by atoms with Crippen molar-refractivity contribution in [2.75, 3.05) is 13.1 Å². The van der Waals surface area contributed by atoms with Crippen LogP contribution in [-0.4, -0.2) is 35.8 Å². The van der Waals surface area contributed by atoms with Gasteiger partial charge in [0, 0.05) is 6.54 Å². The predicted octanol–water partition coefficient (Wildman–Crippen LogP) is 3.51. The van der Waals surface area contributed by atoms with Crippen molar-refractivity contribution in [3.05, 3.63) is 69.7 Å². The van der Waals surface area contributed by atoms with E-state index in [0.717, 1.165) is 17.7 Å². The Labute approximate surface area is 179 Å². The van der Waals surface area contributed by atoms with E-state index in [-0.39, 0.29) is 17.5 Å². The van der Waals surface area contributed by atoms with Crippen LogP contribution in [0.1, 0.15) is 24.5 Å². The largest absolute Gasteiger partial charge is 0.355 e. The van der Waals surface area contributed by atoms with E-state index in [2.05, 4.69) is 10.6 Å². The van der Waals surface area contributed by atoms with Crippen LogP contribution in [0.25, 0.3) is 0 Å². The molecule has 0 bridgehead atoms. The van der Waals surface area contributed by atoms with Gasteiger partial charge in [0.25, 0.3) is 5.91 Å². The minimum absolute atomic E-state index is 0.280. The van der Waals surface area contributed by atoms with Gasteiger partial charge in [-0.15, -0.1) is 0 Å². The molecule has 2 N–H and O–H groups in total. The van der Waals surface area contributed by atoms with Gasteiger partial charge in [0.1, 0.15) is 12.1 Å². The summed E-state index contributed by atoms with van der Waals surface area (Å²) < 4.78 is 0. The van der Waals surface area contributed by atoms with E-state index in [0.29, 0.717) is 17.1 Å². The minimum Gasteiger partial charge on any atom is -0.355 e. The molecule has 1 unspecified atom stereocenters. The molecule has 1 saturated heterocycles. The summed E-state index contributed by atoms with van der Waals surface area (Å²) in [6, 6.07) is 14.0. The van der Waals surface area contributed by atoms with Crippen LogP contribution in [0.5, 0.6) is 0 Å². The third-order valence-corrected chi connectivity index (χ3v) is 5.62. The Kier molecular flexibility index (Phi) is 6.45. The van der Waals surface area contributed by atoms with Crippen molar-refractivity contribution in [1.29, 1.82) is 0 Å². The number of rotatable bonds is 7. The summed E-state index contributed by atoms with van der Waals surface area (Å²) in [6.07, 6.45) is 1.59. The van der Waals surface area contributed by atoms with E-state index in [4.69, 9.17) is 23.2 Å². The lowest BCUT2D eigenvalue weighted by Gasteiger charge is -2.22. The molecule has 29 heavy (non-hydrogen) atoms. The van der Waals surface area contributed by atoms with Crippen molar-refractivity contribution in [3.63, 3.8) is 0 Å². The smallest absolute Gasteiger partial charge is 0.325 e. The molecule has 6 nitrogen and oxygen atoms in total. The van der Waals surface area contributed by atoms with Crippen molar-refractivity contribution < 1.29 is 14.4 Å². The highest BCUT2D eigenvalue weighted by molar-refractivity contribution is 6.42. The van der Waals surface area contributed by atoms with Crippen molar-refractivity contribution in [2.45, 2.75) is 25.3 Å². The molecule has 0 saturated carbocycles. The van der Waals surface area contributed by atoms with Crippen molar-refractivity contribution in [2.24, 2.45) is 0 Å². The maximum absolute atomic E-state index is 12.9. The van der Waals surface area contributed by atoms with E-state index in [1.54, 1.807) is 19.1 Å². The number of halogens is 2. The molecular weight excluding hydrogens is 413 g/mol. The Morgan fingerprint density at radius 3 is 2.52 bits per heavy atom. The summed E-state index contributed by atoms with van der Waals surface area (Å²) in [5.74, 6) is -0.903. The fourth-order valence-electron chi connectivity index (χ4n) is 3.21. The van der Waals surface area contributed by atoms with Crippen LogP contribution in [0.4, 0.5) is 4.79 Å². The van der Waals surface area contributed by atoms with Gasteiger partial charge in [-0.3, -0.25) is 14.5 Å². The highest BCUT2D eigenvalue weighted by Gasteiger charge is 2.49. The van der Waals surface area contributed by atoms with Gasteiger partial charge < -0.3 is 10.6 Å². The number of aryl methyl sites for hydroxylation is 1. The first-order chi connectivity index (χ1) is 13.8. The molecule has 8 heteroatoms. The molecule has 4 amide bonds. The molecule has 3 rings (SSSR count). The topological polar surface area (TPSA) is 78.5 Å². The monoisotopic (exact) mass is 433 g/mol. The van der Waals surface area contributed by atoms with Crippen LogP contribution >= 0.6 is 23.2 Å². The van der Waals surface area contributed by atoms with Crippen LogP contribution in [-0.2, 0) is 21.5 Å². The number of carbonyl (C=O) groups is 3. The van der Waals surface area contributed by atoms with Gasteiger partial charge in [0.15, 0.2) is 0 Å². The zero-order chi connectivity index (χ0) is 21.0. The highest BCUT2D eigenvalue weighted by Crippen LogP contribution is 2.32. The number of amides is 4. The van der Waals surface area contributed by atoms with Gasteiger partial charge in [0.05, 0.1) is 10.0 Å². The maximum atomic E-state index is 12.9. The number of hydrogen-bond acceptors (Lipinski definition) is 3. The van der Waals surface area contributed by atoms with E-state index in [9.17, 15) is 14.4 Å². The van der Waals surface area contributed by atoms with Gasteiger partial charge in [-0.1, -0.05) is 59.6 Å². The quantitative estimate of drug-likeness (QED) is 0.517. The number of hydrogen-bond donors (Lipinski definition) is 2. The van der Waals surface area contributed by atoms with E-state index >= 15 is 0 Å². The van der Waals surface area contributed by atoms with Crippen LogP contribution in [0.15, 0.2) is 48.5 Å². The third-order valence-electron chi connectivity index (χ3n) is 4.88. The average molecular weight is 434 g/mol. The van der Waals surface area contributed by atoms with Gasteiger partial charge in [-0.25, -0.2) is 4.79 Å². The summed E-state index contributed by atoms with van der Waals surface area (Å²) in [5, 5.41) is 6.03. The predicted molar refractivity (Wildman–Crippen MR) is 112 cm³/mol. The molecule has 2 aromatic carbocycles. The first-order valence-electron chi connectivity index (χ1n) is 9.21. The van der Waals surface area contributed by atoms with E-state index in [1.165, 1.54) is 11.6 Å². The van der Waals surface area contributed by atoms with Crippen LogP contribution in [0.2, 0.25) is 10.0 Å². The van der Waals surface area contributed by atoms with Crippen molar-refractivity contribution in [1.82, 2.24) is 15.5 Å². The summed E-state index contributed by atoms with van der Waals surface area (Å²) in [6.45, 7) is 1.69. The minimum atomic E-state index is -1.31. The molecule has 0 spiro atoms. The number of carbonyl (C=O) groups excluding carboxylic acids is 3. The van der Waals surface area contributed by atoms with Crippen LogP contribution in [0, 0.1) is 0 Å². The van der Waals surface area contributed by atoms with Gasteiger partial charge >= 0.3 is 6.03 Å². The van der Waals surface area contributed by atoms with Crippen LogP contribution in [0.3, 0.4) is 0 Å². The summed E-state index contributed by atoms with van der Waals surface area (Å²) in [7, 11) is 0. The van der Waals surface area contributed by atoms with Crippen molar-refractivity contribution in [3.8, 4) is 0 Å². The Bertz CT molecular complexity index is 936. The number of urea groups is 1. The molecule has 2 aromatic rings. The van der Waals surface area contributed by atoms with Crippen molar-refractivity contribution >= 4 is 41.0 Å². The van der Waals surface area contributed by atoms with Gasteiger partial charge in [-0.2, -0.15) is 0 Å². The Balaban J connectivity index is 1.56. The summed E-state index contributed by atoms with van der Waals surface area (Å²) >= 11 is 12.0. The Morgan fingerprint density at radius 2 is 1.83 bits per heavy atom. The molecule has 1 aliphatic rings. The Hall–Kier alpha value is -2.57. The number of nitrogens with zero attached hydrogens (tertiary/aromatic N) is 1. The second-order valence-electron chi connectivity index (χ2n) is 7.01. The molecule has 1 atom stereocenters. The second-order valence-corrected chi connectivity index (χ2v) is 7.83. The zero-order valence-corrected chi connectivity index (χ0v) is 17.4. The molecule has 1 fully saturated rings. The fourth-order valence-corrected chi connectivity index (χ4v) is 3.51. The highest BCUT2D eigenvalue weighted by atomic mass is 35.5. The summed E-state index contributed by atoms with van der Waals surface area (Å²) in [5.41, 5.74) is 0.378. The van der Waals surface area contributed by atoms with E-state index < -0.39 is 17.5 Å². The second kappa shape index (κ2) is 8.84. The number of benzene rings is 2. The first-order valence-corrected chi connectivity index (χ1v) is 9.97. The molecular formula is C21H21Cl2N3O3. The molecule has 152 valence electrons. The molecule has 0 aromatic heterocycles. The lowest BCUT2D eigenvalue weighted by atomic mass is 9.92. The first kappa shape index (κ1) is 21.1. The lowest BCUT2D eigenvalue weighted by Crippen LogP contribution is -2.43. The third kappa shape index (κ3) is 4.71. The van der Waals surface area contributed by atoms with Crippen LogP contribution < -0.4 is 10.6 Å². The SMILES string of the molecule is CC1(c2ccc(Cl)c(Cl)c2)NC(=O)N(CC(=O)NCCCc2ccccc2)C1=O. The van der Waals surface area contributed by atoms with E-state index in [1.807, 2.05) is 30.3 Å². The zero-order valence-electron chi connectivity index (χ0n) is 15.9. The Morgan fingerprint density at radius 1 is 1.10 bits per heavy atom. The molecule has 0 radical (unpaired) electrons.